The molecule has 3 aromatic rings. The number of alkyl halides is 2. The molecule has 7 nitrogen and oxygen atoms in total. The van der Waals surface area contributed by atoms with Gasteiger partial charge in [-0.25, -0.2) is 0 Å². The van der Waals surface area contributed by atoms with Crippen LogP contribution in [0.25, 0.3) is 5.69 Å². The maximum Gasteiger partial charge on any atom is 0.387 e. The lowest BCUT2D eigenvalue weighted by molar-refractivity contribution is -0.118. The van der Waals surface area contributed by atoms with Crippen LogP contribution in [0.15, 0.2) is 53.9 Å². The number of hydrogen-bond acceptors (Lipinski definition) is 6. The third-order valence-electron chi connectivity index (χ3n) is 4.87. The molecule has 0 bridgehead atoms. The Bertz CT molecular complexity index is 1060. The van der Waals surface area contributed by atoms with Crippen molar-refractivity contribution < 1.29 is 23.0 Å². The summed E-state index contributed by atoms with van der Waals surface area (Å²) in [7, 11) is 1.38. The van der Waals surface area contributed by atoms with Crippen LogP contribution < -0.4 is 14.8 Å². The molecule has 0 aliphatic heterocycles. The van der Waals surface area contributed by atoms with Gasteiger partial charge in [-0.1, -0.05) is 43.8 Å². The first kappa shape index (κ1) is 24.5. The quantitative estimate of drug-likeness (QED) is 0.412. The average Bonchev–Trinajstić information content (AvgIpc) is 3.26. The number of carbonyl (C=O) groups excluding carboxylic acids is 1. The fourth-order valence-corrected chi connectivity index (χ4v) is 3.87. The molecular formula is C23H26F2N4O3S. The van der Waals surface area contributed by atoms with E-state index in [1.807, 2.05) is 16.7 Å². The summed E-state index contributed by atoms with van der Waals surface area (Å²) in [5, 5.41) is 11.5. The van der Waals surface area contributed by atoms with Gasteiger partial charge in [-0.2, -0.15) is 8.78 Å². The summed E-state index contributed by atoms with van der Waals surface area (Å²) in [5.41, 5.74) is 2.91. The Morgan fingerprint density at radius 3 is 2.58 bits per heavy atom. The minimum absolute atomic E-state index is 0.0346. The Morgan fingerprint density at radius 1 is 1.15 bits per heavy atom. The number of nitrogens with one attached hydrogen (secondary N) is 1. The van der Waals surface area contributed by atoms with Gasteiger partial charge in [0.25, 0.3) is 0 Å². The highest BCUT2D eigenvalue weighted by Crippen LogP contribution is 2.29. The molecule has 1 amide bonds. The highest BCUT2D eigenvalue weighted by Gasteiger charge is 2.13. The average molecular weight is 477 g/mol. The highest BCUT2D eigenvalue weighted by atomic mass is 32.2. The van der Waals surface area contributed by atoms with Gasteiger partial charge in [0, 0.05) is 12.2 Å². The standard InChI is InChI=1S/C23H26F2N4O3S/c1-15(2)17-5-7-18(8-6-17)29-14-27-28-23(29)33-13-21(30)26-11-10-16-4-9-19(31-3)20(12-16)32-22(24)25/h4-9,12,14-15,22H,10-11,13H2,1-3H3,(H,26,30). The van der Waals surface area contributed by atoms with E-state index < -0.39 is 6.61 Å². The fourth-order valence-electron chi connectivity index (χ4n) is 3.11. The molecule has 0 atom stereocenters. The van der Waals surface area contributed by atoms with Crippen molar-refractivity contribution in [1.29, 1.82) is 0 Å². The molecule has 1 aromatic heterocycles. The molecule has 0 saturated heterocycles. The molecule has 0 spiro atoms. The second-order valence-electron chi connectivity index (χ2n) is 7.48. The summed E-state index contributed by atoms with van der Waals surface area (Å²) in [4.78, 5) is 12.3. The van der Waals surface area contributed by atoms with Gasteiger partial charge in [-0.3, -0.25) is 9.36 Å². The molecule has 0 saturated carbocycles. The van der Waals surface area contributed by atoms with Crippen molar-refractivity contribution in [2.75, 3.05) is 19.4 Å². The summed E-state index contributed by atoms with van der Waals surface area (Å²) in [6.45, 7) is 1.68. The molecular weight excluding hydrogens is 450 g/mol. The number of amides is 1. The second kappa shape index (κ2) is 11.6. The largest absolute Gasteiger partial charge is 0.493 e. The smallest absolute Gasteiger partial charge is 0.387 e. The van der Waals surface area contributed by atoms with E-state index in [1.165, 1.54) is 30.5 Å². The first-order valence-electron chi connectivity index (χ1n) is 10.4. The number of methoxy groups -OCH3 is 1. The number of aromatic nitrogens is 3. The number of ether oxygens (including phenoxy) is 2. The fraction of sp³-hybridized carbons (Fsp3) is 0.348. The van der Waals surface area contributed by atoms with Crippen molar-refractivity contribution in [3.63, 3.8) is 0 Å². The molecule has 0 unspecified atom stereocenters. The predicted molar refractivity (Wildman–Crippen MR) is 123 cm³/mol. The molecule has 0 aliphatic carbocycles. The van der Waals surface area contributed by atoms with Crippen LogP contribution in [-0.2, 0) is 11.2 Å². The van der Waals surface area contributed by atoms with E-state index in [-0.39, 0.29) is 23.2 Å². The zero-order chi connectivity index (χ0) is 23.8. The maximum absolute atomic E-state index is 12.6. The number of halogens is 2. The van der Waals surface area contributed by atoms with Gasteiger partial charge in [0.2, 0.25) is 5.91 Å². The third kappa shape index (κ3) is 6.92. The lowest BCUT2D eigenvalue weighted by Gasteiger charge is -2.12. The zero-order valence-electron chi connectivity index (χ0n) is 18.6. The lowest BCUT2D eigenvalue weighted by Crippen LogP contribution is -2.27. The highest BCUT2D eigenvalue weighted by molar-refractivity contribution is 7.99. The Labute approximate surface area is 195 Å². The summed E-state index contributed by atoms with van der Waals surface area (Å²) in [6.07, 6.45) is 2.08. The molecule has 3 rings (SSSR count). The Morgan fingerprint density at radius 2 is 1.91 bits per heavy atom. The summed E-state index contributed by atoms with van der Waals surface area (Å²) in [6, 6.07) is 12.9. The predicted octanol–water partition coefficient (Wildman–Crippen LogP) is 4.45. The van der Waals surface area contributed by atoms with Crippen molar-refractivity contribution in [2.45, 2.75) is 38.0 Å². The van der Waals surface area contributed by atoms with Crippen molar-refractivity contribution >= 4 is 17.7 Å². The maximum atomic E-state index is 12.6. The van der Waals surface area contributed by atoms with Crippen LogP contribution in [0.1, 0.15) is 30.9 Å². The van der Waals surface area contributed by atoms with Crippen molar-refractivity contribution in [1.82, 2.24) is 20.1 Å². The SMILES string of the molecule is COc1ccc(CCNC(=O)CSc2nncn2-c2ccc(C(C)C)cc2)cc1OC(F)F. The van der Waals surface area contributed by atoms with Crippen LogP contribution in [-0.4, -0.2) is 46.7 Å². The molecule has 10 heteroatoms. The van der Waals surface area contributed by atoms with Crippen LogP contribution >= 0.6 is 11.8 Å². The second-order valence-corrected chi connectivity index (χ2v) is 8.42. The van der Waals surface area contributed by atoms with Crippen LogP contribution in [0.3, 0.4) is 0 Å². The van der Waals surface area contributed by atoms with E-state index in [1.54, 1.807) is 18.5 Å². The van der Waals surface area contributed by atoms with Crippen molar-refractivity contribution in [3.05, 3.63) is 59.9 Å². The Balaban J connectivity index is 1.50. The first-order chi connectivity index (χ1) is 15.9. The molecule has 1 heterocycles. The van der Waals surface area contributed by atoms with E-state index in [0.29, 0.717) is 24.0 Å². The van der Waals surface area contributed by atoms with E-state index in [0.717, 1.165) is 11.3 Å². The van der Waals surface area contributed by atoms with Crippen LogP contribution in [0.5, 0.6) is 11.5 Å². The van der Waals surface area contributed by atoms with Gasteiger partial charge in [-0.15, -0.1) is 10.2 Å². The van der Waals surface area contributed by atoms with E-state index in [2.05, 4.69) is 46.2 Å². The van der Waals surface area contributed by atoms with Gasteiger partial charge >= 0.3 is 6.61 Å². The van der Waals surface area contributed by atoms with E-state index >= 15 is 0 Å². The normalized spacial score (nSPS) is 11.1. The zero-order valence-corrected chi connectivity index (χ0v) is 19.4. The van der Waals surface area contributed by atoms with E-state index in [4.69, 9.17) is 4.74 Å². The van der Waals surface area contributed by atoms with Crippen LogP contribution in [0, 0.1) is 0 Å². The number of thioether (sulfide) groups is 1. The van der Waals surface area contributed by atoms with E-state index in [9.17, 15) is 13.6 Å². The summed E-state index contributed by atoms with van der Waals surface area (Å²) in [5.74, 6) is 0.640. The van der Waals surface area contributed by atoms with Crippen LogP contribution in [0.2, 0.25) is 0 Å². The minimum Gasteiger partial charge on any atom is -0.493 e. The number of benzene rings is 2. The lowest BCUT2D eigenvalue weighted by atomic mass is 10.0. The van der Waals surface area contributed by atoms with Gasteiger partial charge in [-0.05, 0) is 47.7 Å². The molecule has 1 N–H and O–H groups in total. The Hall–Kier alpha value is -3.14. The molecule has 176 valence electrons. The number of rotatable bonds is 11. The number of hydrogen-bond donors (Lipinski definition) is 1. The van der Waals surface area contributed by atoms with Gasteiger partial charge in [0.05, 0.1) is 12.9 Å². The molecule has 0 fully saturated rings. The van der Waals surface area contributed by atoms with Crippen molar-refractivity contribution in [3.8, 4) is 17.2 Å². The van der Waals surface area contributed by atoms with Gasteiger partial charge in [0.15, 0.2) is 16.7 Å². The number of carbonyl (C=O) groups is 1. The summed E-state index contributed by atoms with van der Waals surface area (Å²) >= 11 is 1.29. The molecule has 2 aromatic carbocycles. The molecule has 33 heavy (non-hydrogen) atoms. The summed E-state index contributed by atoms with van der Waals surface area (Å²) < 4.78 is 36.5. The monoisotopic (exact) mass is 476 g/mol. The topological polar surface area (TPSA) is 78.3 Å². The van der Waals surface area contributed by atoms with Crippen LogP contribution in [0.4, 0.5) is 8.78 Å². The Kier molecular flexibility index (Phi) is 8.65. The van der Waals surface area contributed by atoms with Gasteiger partial charge in [0.1, 0.15) is 6.33 Å². The third-order valence-corrected chi connectivity index (χ3v) is 5.81. The molecule has 0 radical (unpaired) electrons. The molecule has 0 aliphatic rings. The number of nitrogens with zero attached hydrogens (tertiary/aromatic N) is 3. The first-order valence-corrected chi connectivity index (χ1v) is 11.4. The van der Waals surface area contributed by atoms with Crippen molar-refractivity contribution in [2.24, 2.45) is 0 Å². The minimum atomic E-state index is -2.94. The van der Waals surface area contributed by atoms with Gasteiger partial charge < -0.3 is 14.8 Å².